The van der Waals surface area contributed by atoms with Crippen LogP contribution < -0.4 is 10.1 Å². The van der Waals surface area contributed by atoms with Crippen LogP contribution in [0.5, 0.6) is 5.75 Å². The fourth-order valence-corrected chi connectivity index (χ4v) is 5.12. The molecule has 5 nitrogen and oxygen atoms in total. The Labute approximate surface area is 178 Å². The van der Waals surface area contributed by atoms with Gasteiger partial charge >= 0.3 is 0 Å². The summed E-state index contributed by atoms with van der Waals surface area (Å²) in [5, 5.41) is 3.78. The number of fused-ring (bicyclic) bond motifs is 3. The van der Waals surface area contributed by atoms with Crippen LogP contribution in [0.4, 0.5) is 5.69 Å². The van der Waals surface area contributed by atoms with Crippen molar-refractivity contribution in [3.05, 3.63) is 71.3 Å². The lowest BCUT2D eigenvalue weighted by Gasteiger charge is -2.39. The highest BCUT2D eigenvalue weighted by Crippen LogP contribution is 2.50. The van der Waals surface area contributed by atoms with E-state index in [4.69, 9.17) is 4.74 Å². The molecule has 3 aliphatic rings. The number of hydrogen-bond donors (Lipinski definition) is 1. The fraction of sp³-hybridized carbons (Fsp3) is 0.400. The standard InChI is InChI=1S/C25H29N3O2/c1-27-13-15-28(16-14-27)25(29)22-8-4-7-21-19-5-3-6-20(19)23(26-24(21)22)17-9-11-18(30-2)12-10-17/h3-5,7-12,19-20,23,26H,6,13-16H2,1-2H3. The van der Waals surface area contributed by atoms with Gasteiger partial charge in [0, 0.05) is 32.1 Å². The summed E-state index contributed by atoms with van der Waals surface area (Å²) in [5.41, 5.74) is 4.30. The number of hydrogen-bond acceptors (Lipinski definition) is 4. The van der Waals surface area contributed by atoms with E-state index in [0.29, 0.717) is 11.8 Å². The van der Waals surface area contributed by atoms with Gasteiger partial charge < -0.3 is 19.9 Å². The van der Waals surface area contributed by atoms with E-state index in [0.717, 1.165) is 49.6 Å². The molecule has 0 saturated carbocycles. The number of para-hydroxylation sites is 1. The van der Waals surface area contributed by atoms with Crippen LogP contribution in [-0.4, -0.2) is 56.0 Å². The number of carbonyl (C=O) groups excluding carboxylic acids is 1. The van der Waals surface area contributed by atoms with E-state index in [9.17, 15) is 4.79 Å². The Morgan fingerprint density at radius 1 is 1.07 bits per heavy atom. The third-order valence-corrected chi connectivity index (χ3v) is 6.89. The van der Waals surface area contributed by atoms with Gasteiger partial charge in [-0.2, -0.15) is 0 Å². The van der Waals surface area contributed by atoms with E-state index in [-0.39, 0.29) is 11.9 Å². The molecule has 1 aliphatic carbocycles. The molecule has 5 heteroatoms. The van der Waals surface area contributed by atoms with E-state index in [1.165, 1.54) is 11.1 Å². The quantitative estimate of drug-likeness (QED) is 0.790. The molecule has 2 heterocycles. The van der Waals surface area contributed by atoms with Gasteiger partial charge in [0.05, 0.1) is 24.4 Å². The van der Waals surface area contributed by atoms with Gasteiger partial charge in [-0.15, -0.1) is 0 Å². The molecule has 2 aliphatic heterocycles. The molecule has 3 unspecified atom stereocenters. The molecule has 0 aromatic heterocycles. The summed E-state index contributed by atoms with van der Waals surface area (Å²) in [6, 6.07) is 14.7. The number of benzene rings is 2. The van der Waals surface area contributed by atoms with Gasteiger partial charge in [0.25, 0.3) is 5.91 Å². The minimum absolute atomic E-state index is 0.140. The summed E-state index contributed by atoms with van der Waals surface area (Å²) < 4.78 is 5.34. The average molecular weight is 404 g/mol. The third-order valence-electron chi connectivity index (χ3n) is 6.89. The number of nitrogens with one attached hydrogen (secondary N) is 1. The molecular formula is C25H29N3O2. The Morgan fingerprint density at radius 2 is 1.83 bits per heavy atom. The van der Waals surface area contributed by atoms with E-state index >= 15 is 0 Å². The van der Waals surface area contributed by atoms with Crippen molar-refractivity contribution < 1.29 is 9.53 Å². The molecule has 5 rings (SSSR count). The lowest BCUT2D eigenvalue weighted by Crippen LogP contribution is -2.47. The number of ether oxygens (including phenoxy) is 1. The van der Waals surface area contributed by atoms with Crippen molar-refractivity contribution >= 4 is 11.6 Å². The van der Waals surface area contributed by atoms with Crippen LogP contribution in [0.15, 0.2) is 54.6 Å². The molecule has 2 aromatic carbocycles. The summed E-state index contributed by atoms with van der Waals surface area (Å²) in [7, 11) is 3.80. The highest BCUT2D eigenvalue weighted by Gasteiger charge is 2.39. The lowest BCUT2D eigenvalue weighted by molar-refractivity contribution is 0.0664. The summed E-state index contributed by atoms with van der Waals surface area (Å²) in [6.07, 6.45) is 5.66. The first-order chi connectivity index (χ1) is 14.7. The maximum Gasteiger partial charge on any atom is 0.256 e. The Balaban J connectivity index is 1.50. The predicted octanol–water partition coefficient (Wildman–Crippen LogP) is 3.91. The van der Waals surface area contributed by atoms with E-state index < -0.39 is 0 Å². The molecule has 3 atom stereocenters. The zero-order valence-corrected chi connectivity index (χ0v) is 17.7. The maximum absolute atomic E-state index is 13.4. The number of methoxy groups -OCH3 is 1. The van der Waals surface area contributed by atoms with Crippen LogP contribution >= 0.6 is 0 Å². The highest BCUT2D eigenvalue weighted by atomic mass is 16.5. The number of nitrogens with zero attached hydrogens (tertiary/aromatic N) is 2. The number of carbonyl (C=O) groups is 1. The monoisotopic (exact) mass is 403 g/mol. The van der Waals surface area contributed by atoms with Gasteiger partial charge in [-0.1, -0.05) is 36.4 Å². The number of amides is 1. The van der Waals surface area contributed by atoms with E-state index in [1.807, 2.05) is 29.2 Å². The molecule has 1 N–H and O–H groups in total. The molecule has 0 radical (unpaired) electrons. The van der Waals surface area contributed by atoms with Crippen LogP contribution in [-0.2, 0) is 0 Å². The zero-order valence-electron chi connectivity index (χ0n) is 17.7. The van der Waals surface area contributed by atoms with Gasteiger partial charge in [-0.25, -0.2) is 0 Å². The maximum atomic E-state index is 13.4. The Bertz CT molecular complexity index is 961. The summed E-state index contributed by atoms with van der Waals surface area (Å²) >= 11 is 0. The predicted molar refractivity (Wildman–Crippen MR) is 119 cm³/mol. The van der Waals surface area contributed by atoms with Crippen LogP contribution in [0.3, 0.4) is 0 Å². The van der Waals surface area contributed by atoms with Crippen LogP contribution in [0, 0.1) is 5.92 Å². The fourth-order valence-electron chi connectivity index (χ4n) is 5.12. The van der Waals surface area contributed by atoms with Crippen molar-refractivity contribution in [2.24, 2.45) is 5.92 Å². The first kappa shape index (κ1) is 19.2. The second kappa shape index (κ2) is 7.80. The minimum atomic E-state index is 0.140. The number of rotatable bonds is 3. The molecule has 2 aromatic rings. The van der Waals surface area contributed by atoms with Crippen molar-refractivity contribution in [2.75, 3.05) is 45.7 Å². The Morgan fingerprint density at radius 3 is 2.57 bits per heavy atom. The molecule has 0 spiro atoms. The minimum Gasteiger partial charge on any atom is -0.497 e. The normalized spacial score (nSPS) is 25.4. The van der Waals surface area contributed by atoms with Crippen molar-refractivity contribution in [3.8, 4) is 5.75 Å². The molecule has 1 fully saturated rings. The molecular weight excluding hydrogens is 374 g/mol. The van der Waals surface area contributed by atoms with Crippen LogP contribution in [0.2, 0.25) is 0 Å². The summed E-state index contributed by atoms with van der Waals surface area (Å²) in [5.74, 6) is 1.80. The second-order valence-electron chi connectivity index (χ2n) is 8.61. The summed E-state index contributed by atoms with van der Waals surface area (Å²) in [6.45, 7) is 3.42. The Kier molecular flexibility index (Phi) is 4.99. The van der Waals surface area contributed by atoms with Crippen LogP contribution in [0.25, 0.3) is 0 Å². The van der Waals surface area contributed by atoms with Crippen LogP contribution in [0.1, 0.15) is 39.9 Å². The second-order valence-corrected chi connectivity index (χ2v) is 8.61. The molecule has 30 heavy (non-hydrogen) atoms. The SMILES string of the molecule is COc1ccc(C2Nc3c(C(=O)N4CCN(C)CC4)cccc3C3C=CCC32)cc1. The van der Waals surface area contributed by atoms with Gasteiger partial charge in [-0.3, -0.25) is 4.79 Å². The lowest BCUT2D eigenvalue weighted by atomic mass is 9.76. The van der Waals surface area contributed by atoms with E-state index in [1.54, 1.807) is 7.11 Å². The largest absolute Gasteiger partial charge is 0.497 e. The number of piperazine rings is 1. The smallest absolute Gasteiger partial charge is 0.256 e. The topological polar surface area (TPSA) is 44.8 Å². The number of likely N-dealkylation sites (N-methyl/N-ethyl adjacent to an activating group) is 1. The van der Waals surface area contributed by atoms with Gasteiger partial charge in [0.2, 0.25) is 0 Å². The number of allylic oxidation sites excluding steroid dienone is 2. The molecule has 1 saturated heterocycles. The first-order valence-electron chi connectivity index (χ1n) is 10.8. The third kappa shape index (κ3) is 3.27. The summed E-state index contributed by atoms with van der Waals surface area (Å²) in [4.78, 5) is 17.7. The van der Waals surface area contributed by atoms with E-state index in [2.05, 4.69) is 47.6 Å². The van der Waals surface area contributed by atoms with Gasteiger partial charge in [0.15, 0.2) is 0 Å². The van der Waals surface area contributed by atoms with Crippen molar-refractivity contribution in [1.29, 1.82) is 0 Å². The van der Waals surface area contributed by atoms with Gasteiger partial charge in [0.1, 0.15) is 5.75 Å². The average Bonchev–Trinajstić information content (AvgIpc) is 3.28. The van der Waals surface area contributed by atoms with Crippen molar-refractivity contribution in [3.63, 3.8) is 0 Å². The Hall–Kier alpha value is -2.79. The zero-order chi connectivity index (χ0) is 20.7. The first-order valence-corrected chi connectivity index (χ1v) is 10.8. The molecule has 0 bridgehead atoms. The molecule has 156 valence electrons. The highest BCUT2D eigenvalue weighted by molar-refractivity contribution is 6.01. The van der Waals surface area contributed by atoms with Crippen molar-refractivity contribution in [2.45, 2.75) is 18.4 Å². The van der Waals surface area contributed by atoms with Crippen molar-refractivity contribution in [1.82, 2.24) is 9.80 Å². The van der Waals surface area contributed by atoms with Gasteiger partial charge in [-0.05, 0) is 48.7 Å². The number of anilines is 1. The molecule has 1 amide bonds.